The van der Waals surface area contributed by atoms with Gasteiger partial charge in [0.2, 0.25) is 5.91 Å². The number of halogens is 2. The number of rotatable bonds is 7. The first kappa shape index (κ1) is 21.2. The summed E-state index contributed by atoms with van der Waals surface area (Å²) < 4.78 is 33.5. The molecule has 0 aromatic heterocycles. The Balaban J connectivity index is 1.47. The molecule has 1 aliphatic rings. The molecule has 2 aromatic rings. The molecule has 0 aliphatic carbocycles. The van der Waals surface area contributed by atoms with E-state index >= 15 is 0 Å². The summed E-state index contributed by atoms with van der Waals surface area (Å²) in [5.74, 6) is -2.11. The Morgan fingerprint density at radius 1 is 1.13 bits per heavy atom. The first-order chi connectivity index (χ1) is 14.3. The monoisotopic (exact) mass is 418 g/mol. The summed E-state index contributed by atoms with van der Waals surface area (Å²) in [6, 6.07) is 12.7. The highest BCUT2D eigenvalue weighted by molar-refractivity contribution is 6.00. The third kappa shape index (κ3) is 5.53. The van der Waals surface area contributed by atoms with Crippen LogP contribution >= 0.6 is 0 Å². The van der Waals surface area contributed by atoms with Crippen LogP contribution in [0.3, 0.4) is 0 Å². The molecule has 2 aromatic carbocycles. The summed E-state index contributed by atoms with van der Waals surface area (Å²) in [4.78, 5) is 38.0. The third-order valence-corrected chi connectivity index (χ3v) is 4.51. The number of amides is 2. The van der Waals surface area contributed by atoms with Crippen LogP contribution in [0.1, 0.15) is 12.0 Å². The molecule has 0 radical (unpaired) electrons. The number of nitrogens with zero attached hydrogens (tertiary/aromatic N) is 1. The number of carbonyl (C=O) groups excluding carboxylic acids is 3. The van der Waals surface area contributed by atoms with Crippen LogP contribution in [0.2, 0.25) is 0 Å². The first-order valence-electron chi connectivity index (χ1n) is 9.20. The number of esters is 1. The highest BCUT2D eigenvalue weighted by Crippen LogP contribution is 2.26. The van der Waals surface area contributed by atoms with E-state index in [0.717, 1.165) is 5.56 Å². The standard InChI is InChI=1S/C21H20F2N2O5/c1-13-2-6-16(7-3-13)25-11-14(10-19(25)27)20(28)29-12-18(26)24-15-4-8-17(9-5-15)30-21(22)23/h2-9,14,21H,10-12H2,1H3,(H,24,26)/t14-/m0/s1. The van der Waals surface area contributed by atoms with Crippen molar-refractivity contribution in [3.05, 3.63) is 54.1 Å². The van der Waals surface area contributed by atoms with E-state index in [4.69, 9.17) is 4.74 Å². The van der Waals surface area contributed by atoms with E-state index in [1.807, 2.05) is 31.2 Å². The molecule has 1 fully saturated rings. The number of aryl methyl sites for hydroxylation is 1. The van der Waals surface area contributed by atoms with Crippen molar-refractivity contribution in [2.75, 3.05) is 23.4 Å². The maximum absolute atomic E-state index is 12.3. The van der Waals surface area contributed by atoms with Crippen LogP contribution < -0.4 is 15.0 Å². The van der Waals surface area contributed by atoms with Gasteiger partial charge < -0.3 is 19.7 Å². The van der Waals surface area contributed by atoms with Gasteiger partial charge in [-0.2, -0.15) is 8.78 Å². The van der Waals surface area contributed by atoms with Crippen LogP contribution in [0.4, 0.5) is 20.2 Å². The predicted molar refractivity (Wildman–Crippen MR) is 104 cm³/mol. The van der Waals surface area contributed by atoms with Gasteiger partial charge in [0.15, 0.2) is 6.61 Å². The molecule has 0 bridgehead atoms. The van der Waals surface area contributed by atoms with E-state index in [9.17, 15) is 23.2 Å². The maximum atomic E-state index is 12.3. The van der Waals surface area contributed by atoms with Crippen molar-refractivity contribution < 1.29 is 32.6 Å². The van der Waals surface area contributed by atoms with E-state index in [-0.39, 0.29) is 24.6 Å². The van der Waals surface area contributed by atoms with Crippen molar-refractivity contribution in [1.29, 1.82) is 0 Å². The van der Waals surface area contributed by atoms with Crippen molar-refractivity contribution in [3.8, 4) is 5.75 Å². The van der Waals surface area contributed by atoms with Crippen molar-refractivity contribution in [2.24, 2.45) is 5.92 Å². The molecule has 3 rings (SSSR count). The van der Waals surface area contributed by atoms with Gasteiger partial charge in [-0.15, -0.1) is 0 Å². The van der Waals surface area contributed by atoms with E-state index in [1.165, 1.54) is 29.2 Å². The normalized spacial score (nSPS) is 15.9. The van der Waals surface area contributed by atoms with Gasteiger partial charge in [0.1, 0.15) is 5.75 Å². The summed E-state index contributed by atoms with van der Waals surface area (Å²) in [5.41, 5.74) is 2.10. The fourth-order valence-electron chi connectivity index (χ4n) is 3.01. The van der Waals surface area contributed by atoms with Gasteiger partial charge in [-0.05, 0) is 43.3 Å². The smallest absolute Gasteiger partial charge is 0.387 e. The van der Waals surface area contributed by atoms with E-state index < -0.39 is 31.0 Å². The lowest BCUT2D eigenvalue weighted by molar-refractivity contribution is -0.151. The molecule has 1 heterocycles. The lowest BCUT2D eigenvalue weighted by Crippen LogP contribution is -2.28. The minimum Gasteiger partial charge on any atom is -0.455 e. The fraction of sp³-hybridized carbons (Fsp3) is 0.286. The molecule has 1 aliphatic heterocycles. The second-order valence-electron chi connectivity index (χ2n) is 6.80. The molecule has 0 unspecified atom stereocenters. The zero-order valence-electron chi connectivity index (χ0n) is 16.1. The van der Waals surface area contributed by atoms with Gasteiger partial charge in [-0.1, -0.05) is 17.7 Å². The van der Waals surface area contributed by atoms with Crippen molar-refractivity contribution in [3.63, 3.8) is 0 Å². The van der Waals surface area contributed by atoms with Gasteiger partial charge in [-0.3, -0.25) is 14.4 Å². The van der Waals surface area contributed by atoms with Gasteiger partial charge >= 0.3 is 12.6 Å². The Hall–Kier alpha value is -3.49. The predicted octanol–water partition coefficient (Wildman–Crippen LogP) is 3.13. The van der Waals surface area contributed by atoms with Crippen LogP contribution in [0.5, 0.6) is 5.75 Å². The molecule has 1 N–H and O–H groups in total. The molecule has 1 saturated heterocycles. The molecule has 2 amide bonds. The van der Waals surface area contributed by atoms with Crippen LogP contribution in [-0.2, 0) is 19.1 Å². The van der Waals surface area contributed by atoms with Gasteiger partial charge in [0.25, 0.3) is 5.91 Å². The van der Waals surface area contributed by atoms with E-state index in [2.05, 4.69) is 10.1 Å². The summed E-state index contributed by atoms with van der Waals surface area (Å²) in [7, 11) is 0. The molecule has 158 valence electrons. The van der Waals surface area contributed by atoms with Crippen molar-refractivity contribution in [2.45, 2.75) is 20.0 Å². The molecule has 7 nitrogen and oxygen atoms in total. The fourth-order valence-corrected chi connectivity index (χ4v) is 3.01. The zero-order chi connectivity index (χ0) is 21.7. The van der Waals surface area contributed by atoms with Crippen LogP contribution in [0.15, 0.2) is 48.5 Å². The van der Waals surface area contributed by atoms with Gasteiger partial charge in [0, 0.05) is 24.3 Å². The van der Waals surface area contributed by atoms with Crippen LogP contribution in [0, 0.1) is 12.8 Å². The number of hydrogen-bond acceptors (Lipinski definition) is 5. The zero-order valence-corrected chi connectivity index (χ0v) is 16.1. The molecule has 0 spiro atoms. The third-order valence-electron chi connectivity index (χ3n) is 4.51. The van der Waals surface area contributed by atoms with Crippen molar-refractivity contribution in [1.82, 2.24) is 0 Å². The minimum absolute atomic E-state index is 0.0138. The largest absolute Gasteiger partial charge is 0.455 e. The molecular formula is C21H20F2N2O5. The molecule has 0 saturated carbocycles. The number of hydrogen-bond donors (Lipinski definition) is 1. The van der Waals surface area contributed by atoms with Gasteiger partial charge in [0.05, 0.1) is 5.92 Å². The Bertz CT molecular complexity index is 916. The summed E-state index contributed by atoms with van der Waals surface area (Å²) in [6.07, 6.45) is 0.0138. The number of nitrogens with one attached hydrogen (secondary N) is 1. The number of ether oxygens (including phenoxy) is 2. The average molecular weight is 418 g/mol. The summed E-state index contributed by atoms with van der Waals surface area (Å²) >= 11 is 0. The van der Waals surface area contributed by atoms with Crippen molar-refractivity contribution >= 4 is 29.2 Å². The SMILES string of the molecule is Cc1ccc(N2C[C@@H](C(=O)OCC(=O)Nc3ccc(OC(F)F)cc3)CC2=O)cc1. The van der Waals surface area contributed by atoms with Crippen LogP contribution in [0.25, 0.3) is 0 Å². The number of anilines is 2. The Morgan fingerprint density at radius 2 is 1.80 bits per heavy atom. The Kier molecular flexibility index (Phi) is 6.61. The molecule has 9 heteroatoms. The summed E-state index contributed by atoms with van der Waals surface area (Å²) in [5, 5.41) is 2.48. The van der Waals surface area contributed by atoms with Gasteiger partial charge in [-0.25, -0.2) is 0 Å². The Labute approximate surface area is 171 Å². The number of benzene rings is 2. The van der Waals surface area contributed by atoms with Crippen LogP contribution in [-0.4, -0.2) is 37.5 Å². The second kappa shape index (κ2) is 9.34. The van der Waals surface area contributed by atoms with E-state index in [1.54, 1.807) is 0 Å². The maximum Gasteiger partial charge on any atom is 0.387 e. The van der Waals surface area contributed by atoms with E-state index in [0.29, 0.717) is 11.4 Å². The summed E-state index contributed by atoms with van der Waals surface area (Å²) in [6.45, 7) is -1.34. The first-order valence-corrected chi connectivity index (χ1v) is 9.20. The topological polar surface area (TPSA) is 84.9 Å². The second-order valence-corrected chi connectivity index (χ2v) is 6.80. The number of carbonyl (C=O) groups is 3. The lowest BCUT2D eigenvalue weighted by Gasteiger charge is -2.16. The highest BCUT2D eigenvalue weighted by Gasteiger charge is 2.36. The lowest BCUT2D eigenvalue weighted by atomic mass is 10.1. The highest BCUT2D eigenvalue weighted by atomic mass is 19.3. The molecule has 1 atom stereocenters. The molecule has 30 heavy (non-hydrogen) atoms. The minimum atomic E-state index is -2.94. The quantitative estimate of drug-likeness (QED) is 0.699. The number of alkyl halides is 2. The average Bonchev–Trinajstić information content (AvgIpc) is 3.09. The Morgan fingerprint density at radius 3 is 2.43 bits per heavy atom. The molecular weight excluding hydrogens is 398 g/mol.